The zero-order valence-electron chi connectivity index (χ0n) is 11.6. The minimum Gasteiger partial charge on any atom is -0.396 e. The summed E-state index contributed by atoms with van der Waals surface area (Å²) in [5.74, 6) is 0.410. The fourth-order valence-electron chi connectivity index (χ4n) is 1.72. The molecule has 8 heteroatoms. The Morgan fingerprint density at radius 1 is 1.18 bits per heavy atom. The maximum atomic E-state index is 11.8. The molecular weight excluding hydrogens is 325 g/mol. The summed E-state index contributed by atoms with van der Waals surface area (Å²) in [5.41, 5.74) is 6.46. The number of carbonyl (C=O) groups is 1. The number of benzene rings is 1. The first-order valence-electron chi connectivity index (χ1n) is 6.61. The van der Waals surface area contributed by atoms with E-state index in [1.54, 1.807) is 30.6 Å². The van der Waals surface area contributed by atoms with Gasteiger partial charge in [-0.25, -0.2) is 9.97 Å². The van der Waals surface area contributed by atoms with E-state index < -0.39 is 0 Å². The molecule has 0 aliphatic rings. The molecule has 0 spiro atoms. The van der Waals surface area contributed by atoms with Gasteiger partial charge in [-0.2, -0.15) is 0 Å². The first-order chi connectivity index (χ1) is 10.6. The number of anilines is 3. The summed E-state index contributed by atoms with van der Waals surface area (Å²) in [6.45, 7) is 0.598. The molecule has 2 rings (SSSR count). The highest BCUT2D eigenvalue weighted by Crippen LogP contribution is 2.31. The van der Waals surface area contributed by atoms with Gasteiger partial charge in [0.25, 0.3) is 0 Å². The SMILES string of the molecule is Nc1c(Cl)cc(NC(=O)CCCNc2ncccn2)cc1Cl. The zero-order valence-corrected chi connectivity index (χ0v) is 13.2. The van der Waals surface area contributed by atoms with Crippen LogP contribution in [0.25, 0.3) is 0 Å². The fourth-order valence-corrected chi connectivity index (χ4v) is 2.21. The van der Waals surface area contributed by atoms with Crippen LogP contribution in [0.15, 0.2) is 30.6 Å². The average molecular weight is 340 g/mol. The molecule has 22 heavy (non-hydrogen) atoms. The number of rotatable bonds is 6. The van der Waals surface area contributed by atoms with Gasteiger partial charge in [0.05, 0.1) is 15.7 Å². The average Bonchev–Trinajstić information content (AvgIpc) is 2.50. The molecule has 0 saturated carbocycles. The normalized spacial score (nSPS) is 10.3. The molecule has 0 aliphatic heterocycles. The van der Waals surface area contributed by atoms with E-state index in [1.165, 1.54) is 0 Å². The van der Waals surface area contributed by atoms with Gasteiger partial charge < -0.3 is 16.4 Å². The Kier molecular flexibility index (Phi) is 5.80. The van der Waals surface area contributed by atoms with Crippen LogP contribution in [-0.4, -0.2) is 22.4 Å². The van der Waals surface area contributed by atoms with Crippen LogP contribution >= 0.6 is 23.2 Å². The van der Waals surface area contributed by atoms with Crippen LogP contribution in [0.2, 0.25) is 10.0 Å². The van der Waals surface area contributed by atoms with Crippen LogP contribution in [0.1, 0.15) is 12.8 Å². The van der Waals surface area contributed by atoms with Gasteiger partial charge in [-0.1, -0.05) is 23.2 Å². The second-order valence-electron chi connectivity index (χ2n) is 4.50. The van der Waals surface area contributed by atoms with Gasteiger partial charge in [0.2, 0.25) is 11.9 Å². The van der Waals surface area contributed by atoms with Crippen LogP contribution in [0.4, 0.5) is 17.3 Å². The van der Waals surface area contributed by atoms with Crippen molar-refractivity contribution < 1.29 is 4.79 Å². The van der Waals surface area contributed by atoms with E-state index in [1.807, 2.05) is 0 Å². The molecule has 2 aromatic rings. The minimum atomic E-state index is -0.132. The van der Waals surface area contributed by atoms with Gasteiger partial charge in [-0.3, -0.25) is 4.79 Å². The van der Waals surface area contributed by atoms with E-state index in [9.17, 15) is 4.79 Å². The van der Waals surface area contributed by atoms with Gasteiger partial charge in [0.15, 0.2) is 0 Å². The molecule has 1 aromatic heterocycles. The highest BCUT2D eigenvalue weighted by molar-refractivity contribution is 6.39. The standard InChI is InChI=1S/C14H15Cl2N5O/c15-10-7-9(8-11(16)13(10)17)21-12(22)3-1-4-18-14-19-5-2-6-20-14/h2,5-8H,1,3-4,17H2,(H,21,22)(H,18,19,20). The molecule has 1 amide bonds. The molecule has 0 fully saturated rings. The van der Waals surface area contributed by atoms with Crippen molar-refractivity contribution in [3.05, 3.63) is 40.6 Å². The number of carbonyl (C=O) groups excluding carboxylic acids is 1. The Hall–Kier alpha value is -2.05. The highest BCUT2D eigenvalue weighted by Gasteiger charge is 2.07. The quantitative estimate of drug-likeness (QED) is 0.555. The molecule has 0 aliphatic carbocycles. The second-order valence-corrected chi connectivity index (χ2v) is 5.32. The third-order valence-corrected chi connectivity index (χ3v) is 3.42. The maximum absolute atomic E-state index is 11.8. The van der Waals surface area contributed by atoms with E-state index >= 15 is 0 Å². The molecule has 116 valence electrons. The summed E-state index contributed by atoms with van der Waals surface area (Å²) < 4.78 is 0. The third kappa shape index (κ3) is 4.75. The lowest BCUT2D eigenvalue weighted by Crippen LogP contribution is -2.14. The molecular formula is C14H15Cl2N5O. The van der Waals surface area contributed by atoms with Crippen molar-refractivity contribution in [1.29, 1.82) is 0 Å². The number of nitrogen functional groups attached to an aromatic ring is 1. The maximum Gasteiger partial charge on any atom is 0.224 e. The lowest BCUT2D eigenvalue weighted by atomic mass is 10.2. The van der Waals surface area contributed by atoms with Gasteiger partial charge in [0.1, 0.15) is 0 Å². The predicted octanol–water partition coefficient (Wildman–Crippen LogP) is 3.20. The number of nitrogens with two attached hydrogens (primary N) is 1. The smallest absolute Gasteiger partial charge is 0.224 e. The van der Waals surface area contributed by atoms with Crippen molar-refractivity contribution in [1.82, 2.24) is 9.97 Å². The molecule has 0 bridgehead atoms. The largest absolute Gasteiger partial charge is 0.396 e. The third-order valence-electron chi connectivity index (χ3n) is 2.79. The predicted molar refractivity (Wildman–Crippen MR) is 89.3 cm³/mol. The van der Waals surface area contributed by atoms with Crippen LogP contribution in [0, 0.1) is 0 Å². The molecule has 0 saturated heterocycles. The van der Waals surface area contributed by atoms with Gasteiger partial charge >= 0.3 is 0 Å². The molecule has 4 N–H and O–H groups in total. The summed E-state index contributed by atoms with van der Waals surface area (Å²) in [6, 6.07) is 4.87. The fraction of sp³-hybridized carbons (Fsp3) is 0.214. The Bertz CT molecular complexity index is 628. The molecule has 0 atom stereocenters. The zero-order chi connectivity index (χ0) is 15.9. The Morgan fingerprint density at radius 3 is 2.45 bits per heavy atom. The number of aromatic nitrogens is 2. The van der Waals surface area contributed by atoms with Crippen LogP contribution in [-0.2, 0) is 4.79 Å². The van der Waals surface area contributed by atoms with Crippen molar-refractivity contribution in [2.24, 2.45) is 0 Å². The van der Waals surface area contributed by atoms with E-state index in [0.717, 1.165) is 0 Å². The van der Waals surface area contributed by atoms with E-state index in [-0.39, 0.29) is 5.91 Å². The number of nitrogens with zero attached hydrogens (tertiary/aromatic N) is 2. The number of nitrogens with one attached hydrogen (secondary N) is 2. The lowest BCUT2D eigenvalue weighted by molar-refractivity contribution is -0.116. The van der Waals surface area contributed by atoms with E-state index in [4.69, 9.17) is 28.9 Å². The van der Waals surface area contributed by atoms with Crippen molar-refractivity contribution in [3.63, 3.8) is 0 Å². The summed E-state index contributed by atoms with van der Waals surface area (Å²) >= 11 is 11.8. The Balaban J connectivity index is 1.76. The lowest BCUT2D eigenvalue weighted by Gasteiger charge is -2.09. The molecule has 0 radical (unpaired) electrons. The van der Waals surface area contributed by atoms with Gasteiger partial charge in [0, 0.05) is 31.0 Å². The highest BCUT2D eigenvalue weighted by atomic mass is 35.5. The monoisotopic (exact) mass is 339 g/mol. The number of amides is 1. The van der Waals surface area contributed by atoms with E-state index in [0.29, 0.717) is 46.8 Å². The Morgan fingerprint density at radius 2 is 1.82 bits per heavy atom. The van der Waals surface area contributed by atoms with Crippen LogP contribution < -0.4 is 16.4 Å². The minimum absolute atomic E-state index is 0.132. The van der Waals surface area contributed by atoms with Crippen molar-refractivity contribution >= 4 is 46.4 Å². The van der Waals surface area contributed by atoms with Gasteiger partial charge in [-0.05, 0) is 24.6 Å². The second kappa shape index (κ2) is 7.82. The molecule has 1 heterocycles. The van der Waals surface area contributed by atoms with Gasteiger partial charge in [-0.15, -0.1) is 0 Å². The van der Waals surface area contributed by atoms with E-state index in [2.05, 4.69) is 20.6 Å². The topological polar surface area (TPSA) is 92.9 Å². The summed E-state index contributed by atoms with van der Waals surface area (Å²) in [6.07, 6.45) is 4.28. The number of hydrogen-bond donors (Lipinski definition) is 3. The van der Waals surface area contributed by atoms with Crippen LogP contribution in [0.5, 0.6) is 0 Å². The molecule has 0 unspecified atom stereocenters. The first kappa shape index (κ1) is 16.3. The summed E-state index contributed by atoms with van der Waals surface area (Å²) in [4.78, 5) is 19.9. The first-order valence-corrected chi connectivity index (χ1v) is 7.37. The van der Waals surface area contributed by atoms with Crippen molar-refractivity contribution in [2.45, 2.75) is 12.8 Å². The number of halogens is 2. The molecule has 1 aromatic carbocycles. The van der Waals surface area contributed by atoms with Crippen molar-refractivity contribution in [2.75, 3.05) is 22.9 Å². The number of hydrogen-bond acceptors (Lipinski definition) is 5. The van der Waals surface area contributed by atoms with Crippen LogP contribution in [0.3, 0.4) is 0 Å². The van der Waals surface area contributed by atoms with Crippen molar-refractivity contribution in [3.8, 4) is 0 Å². The Labute approximate surface area is 138 Å². The summed E-state index contributed by atoms with van der Waals surface area (Å²) in [7, 11) is 0. The molecule has 6 nitrogen and oxygen atoms in total. The summed E-state index contributed by atoms with van der Waals surface area (Å²) in [5, 5.41) is 6.38.